The van der Waals surface area contributed by atoms with Crippen molar-refractivity contribution in [1.82, 2.24) is 0 Å². The first-order chi connectivity index (χ1) is 8.97. The molecule has 0 radical (unpaired) electrons. The molecular formula is C16H20O2S. The van der Waals surface area contributed by atoms with E-state index >= 15 is 0 Å². The van der Waals surface area contributed by atoms with Gasteiger partial charge in [-0.25, -0.2) is 8.42 Å². The van der Waals surface area contributed by atoms with Crippen LogP contribution in [0.5, 0.6) is 0 Å². The van der Waals surface area contributed by atoms with Gasteiger partial charge in [0.2, 0.25) is 0 Å². The van der Waals surface area contributed by atoms with E-state index in [0.717, 1.165) is 10.8 Å². The van der Waals surface area contributed by atoms with Gasteiger partial charge >= 0.3 is 0 Å². The maximum absolute atomic E-state index is 10.1. The first kappa shape index (κ1) is 19.2. The quantitative estimate of drug-likeness (QED) is 0.765. The SMILES string of the molecule is C=CC=C.C=CS(=O)(=O)C=C.C=Cc1ccccc1. The monoisotopic (exact) mass is 276 g/mol. The molecular weight excluding hydrogens is 256 g/mol. The summed E-state index contributed by atoms with van der Waals surface area (Å²) in [5, 5.41) is 1.69. The van der Waals surface area contributed by atoms with Crippen molar-refractivity contribution in [1.29, 1.82) is 0 Å². The largest absolute Gasteiger partial charge is 0.220 e. The Kier molecular flexibility index (Phi) is 12.5. The molecule has 1 aromatic carbocycles. The Morgan fingerprint density at radius 2 is 1.21 bits per heavy atom. The van der Waals surface area contributed by atoms with E-state index in [4.69, 9.17) is 0 Å². The normalized spacial score (nSPS) is 8.42. The van der Waals surface area contributed by atoms with Gasteiger partial charge in [0, 0.05) is 10.8 Å². The number of benzene rings is 1. The Bertz CT molecular complexity index is 477. The molecule has 0 heterocycles. The van der Waals surface area contributed by atoms with E-state index in [-0.39, 0.29) is 0 Å². The van der Waals surface area contributed by atoms with Crippen molar-refractivity contribution >= 4 is 15.9 Å². The topological polar surface area (TPSA) is 34.1 Å². The number of hydrogen-bond donors (Lipinski definition) is 0. The van der Waals surface area contributed by atoms with Gasteiger partial charge in [0.15, 0.2) is 9.84 Å². The van der Waals surface area contributed by atoms with Gasteiger partial charge in [-0.2, -0.15) is 0 Å². The van der Waals surface area contributed by atoms with Crippen molar-refractivity contribution in [2.24, 2.45) is 0 Å². The lowest BCUT2D eigenvalue weighted by Crippen LogP contribution is -1.83. The molecule has 0 aliphatic carbocycles. The van der Waals surface area contributed by atoms with Crippen LogP contribution < -0.4 is 0 Å². The van der Waals surface area contributed by atoms with Crippen molar-refractivity contribution in [3.63, 3.8) is 0 Å². The van der Waals surface area contributed by atoms with Gasteiger partial charge < -0.3 is 0 Å². The molecule has 0 saturated heterocycles. The molecule has 3 heteroatoms. The highest BCUT2D eigenvalue weighted by atomic mass is 32.2. The molecule has 0 amide bonds. The number of hydrogen-bond acceptors (Lipinski definition) is 2. The van der Waals surface area contributed by atoms with Gasteiger partial charge in [0.1, 0.15) is 0 Å². The van der Waals surface area contributed by atoms with Crippen LogP contribution in [0.15, 0.2) is 86.2 Å². The fraction of sp³-hybridized carbons (Fsp3) is 0. The molecule has 0 aliphatic heterocycles. The Hall–Kier alpha value is -2.13. The van der Waals surface area contributed by atoms with Crippen LogP contribution in [0.25, 0.3) is 6.08 Å². The van der Waals surface area contributed by atoms with E-state index in [1.54, 1.807) is 12.2 Å². The van der Waals surface area contributed by atoms with Crippen molar-refractivity contribution in [2.45, 2.75) is 0 Å². The molecule has 102 valence electrons. The van der Waals surface area contributed by atoms with Gasteiger partial charge in [0.25, 0.3) is 0 Å². The maximum atomic E-state index is 10.1. The third-order valence-electron chi connectivity index (χ3n) is 1.67. The summed E-state index contributed by atoms with van der Waals surface area (Å²) >= 11 is 0. The summed E-state index contributed by atoms with van der Waals surface area (Å²) in [6, 6.07) is 10.0. The summed E-state index contributed by atoms with van der Waals surface area (Å²) in [5.41, 5.74) is 1.17. The first-order valence-corrected chi connectivity index (χ1v) is 6.99. The summed E-state index contributed by atoms with van der Waals surface area (Å²) in [4.78, 5) is 0. The van der Waals surface area contributed by atoms with E-state index in [0.29, 0.717) is 0 Å². The predicted molar refractivity (Wildman–Crippen MR) is 86.2 cm³/mol. The predicted octanol–water partition coefficient (Wildman–Crippen LogP) is 4.38. The van der Waals surface area contributed by atoms with E-state index in [9.17, 15) is 8.42 Å². The molecule has 0 bridgehead atoms. The molecule has 0 unspecified atom stereocenters. The zero-order valence-corrected chi connectivity index (χ0v) is 11.9. The van der Waals surface area contributed by atoms with Crippen LogP contribution in [0.4, 0.5) is 0 Å². The molecule has 0 saturated carbocycles. The van der Waals surface area contributed by atoms with Gasteiger partial charge in [-0.05, 0) is 5.56 Å². The fourth-order valence-electron chi connectivity index (χ4n) is 0.657. The summed E-state index contributed by atoms with van der Waals surface area (Å²) in [6.45, 7) is 16.4. The van der Waals surface area contributed by atoms with Crippen LogP contribution in [0.1, 0.15) is 5.56 Å². The lowest BCUT2D eigenvalue weighted by Gasteiger charge is -1.85. The fourth-order valence-corrected chi connectivity index (χ4v) is 0.793. The average molecular weight is 276 g/mol. The minimum Gasteiger partial charge on any atom is -0.220 e. The smallest absolute Gasteiger partial charge is 0.191 e. The van der Waals surface area contributed by atoms with Crippen molar-refractivity contribution in [3.05, 3.63) is 91.8 Å². The third kappa shape index (κ3) is 13.8. The summed E-state index contributed by atoms with van der Waals surface area (Å²) < 4.78 is 20.3. The maximum Gasteiger partial charge on any atom is 0.191 e. The van der Waals surface area contributed by atoms with E-state index in [2.05, 4.69) is 32.9 Å². The second-order valence-electron chi connectivity index (χ2n) is 3.01. The van der Waals surface area contributed by atoms with E-state index in [1.165, 1.54) is 5.56 Å². The lowest BCUT2D eigenvalue weighted by molar-refractivity contribution is 0.613. The molecule has 1 aromatic rings. The van der Waals surface area contributed by atoms with Crippen LogP contribution in [0.3, 0.4) is 0 Å². The van der Waals surface area contributed by atoms with Gasteiger partial charge in [-0.1, -0.05) is 81.5 Å². The third-order valence-corrected chi connectivity index (χ3v) is 2.60. The van der Waals surface area contributed by atoms with Gasteiger partial charge in [-0.3, -0.25) is 0 Å². The molecule has 0 aliphatic rings. The van der Waals surface area contributed by atoms with Crippen LogP contribution in [-0.2, 0) is 9.84 Å². The van der Waals surface area contributed by atoms with E-state index < -0.39 is 9.84 Å². The highest BCUT2D eigenvalue weighted by molar-refractivity contribution is 7.97. The van der Waals surface area contributed by atoms with Crippen molar-refractivity contribution in [2.75, 3.05) is 0 Å². The van der Waals surface area contributed by atoms with Gasteiger partial charge in [0.05, 0.1) is 0 Å². The number of sulfone groups is 1. The Morgan fingerprint density at radius 1 is 0.789 bits per heavy atom. The van der Waals surface area contributed by atoms with Crippen LogP contribution in [-0.4, -0.2) is 8.42 Å². The van der Waals surface area contributed by atoms with Crippen molar-refractivity contribution in [3.8, 4) is 0 Å². The molecule has 2 nitrogen and oxygen atoms in total. The molecule has 0 atom stereocenters. The lowest BCUT2D eigenvalue weighted by atomic mass is 10.2. The van der Waals surface area contributed by atoms with Gasteiger partial charge in [-0.15, -0.1) is 0 Å². The first-order valence-electron chi connectivity index (χ1n) is 5.38. The second-order valence-corrected chi connectivity index (χ2v) is 4.85. The minimum atomic E-state index is -3.13. The number of allylic oxidation sites excluding steroid dienone is 2. The highest BCUT2D eigenvalue weighted by Gasteiger charge is 1.90. The summed E-state index contributed by atoms with van der Waals surface area (Å²) in [5.74, 6) is 0. The molecule has 0 aromatic heterocycles. The Morgan fingerprint density at radius 3 is 1.37 bits per heavy atom. The van der Waals surface area contributed by atoms with Crippen LogP contribution >= 0.6 is 0 Å². The average Bonchev–Trinajstić information content (AvgIpc) is 2.49. The zero-order valence-electron chi connectivity index (χ0n) is 11.0. The van der Waals surface area contributed by atoms with Crippen molar-refractivity contribution < 1.29 is 8.42 Å². The molecule has 0 spiro atoms. The minimum absolute atomic E-state index is 0.847. The zero-order chi connectivity index (χ0) is 15.1. The summed E-state index contributed by atoms with van der Waals surface area (Å²) in [7, 11) is -3.13. The second kappa shape index (κ2) is 12.3. The molecule has 0 fully saturated rings. The summed E-state index contributed by atoms with van der Waals surface area (Å²) in [6.07, 6.45) is 5.11. The van der Waals surface area contributed by atoms with Crippen LogP contribution in [0.2, 0.25) is 0 Å². The molecule has 0 N–H and O–H groups in total. The Balaban J connectivity index is 0. The Labute approximate surface area is 116 Å². The standard InChI is InChI=1S/C8H8.C4H6O2S.C4H6/c1-2-8-6-4-3-5-7-8;1-3-7(5,6)4-2;1-3-4-2/h2-7H,1H2;3-4H,1-2H2;3-4H,1-2H2. The molecule has 19 heavy (non-hydrogen) atoms. The van der Waals surface area contributed by atoms with Crippen LogP contribution in [0, 0.1) is 0 Å². The highest BCUT2D eigenvalue weighted by Crippen LogP contribution is 1.97. The van der Waals surface area contributed by atoms with E-state index in [1.807, 2.05) is 36.4 Å². The number of rotatable bonds is 4. The molecule has 1 rings (SSSR count).